The minimum Gasteiger partial charge on any atom is -0.506 e. The number of unbranched alkanes of at least 4 members (excludes halogenated alkanes) is 4. The maximum atomic E-state index is 14.0. The maximum Gasteiger partial charge on any atom is 0.340 e. The molecule has 2 aliphatic heterocycles. The normalized spacial score (nSPS) is 14.7. The van der Waals surface area contributed by atoms with Crippen molar-refractivity contribution in [3.63, 3.8) is 0 Å². The number of phenolic OH excluding ortho intramolecular Hbond substituents is 1. The van der Waals surface area contributed by atoms with E-state index in [-0.39, 0.29) is 161 Å². The molecule has 0 bridgehead atoms. The highest BCUT2D eigenvalue weighted by Crippen LogP contribution is 2.52. The zero-order chi connectivity index (χ0) is 53.7. The first-order valence-corrected chi connectivity index (χ1v) is 28.5. The van der Waals surface area contributed by atoms with Crippen molar-refractivity contribution in [2.75, 3.05) is 98.2 Å². The molecule has 5 rings (SSSR count). The molecule has 1 saturated heterocycles. The van der Waals surface area contributed by atoms with Gasteiger partial charge in [0.25, 0.3) is 0 Å². The topological polar surface area (TPSA) is 260 Å². The smallest absolute Gasteiger partial charge is 0.340 e. The number of amides is 2. The summed E-state index contributed by atoms with van der Waals surface area (Å²) in [4.78, 5) is 94.1. The Kier molecular flexibility index (Phi) is 24.8. The Balaban J connectivity index is 1.09. The second kappa shape index (κ2) is 29.4. The van der Waals surface area contributed by atoms with Crippen LogP contribution in [0.4, 0.5) is 0 Å². The van der Waals surface area contributed by atoms with E-state index in [1.165, 1.54) is 0 Å². The summed E-state index contributed by atoms with van der Waals surface area (Å²) in [5.74, 6) is -4.32. The summed E-state index contributed by atoms with van der Waals surface area (Å²) in [5, 5.41) is 44.6. The van der Waals surface area contributed by atoms with E-state index < -0.39 is 23.9 Å². The first kappa shape index (κ1) is 61.5. The van der Waals surface area contributed by atoms with Crippen molar-refractivity contribution in [2.45, 2.75) is 38.5 Å². The number of aromatic hydroxyl groups is 1. The average molecular weight is 1540 g/mol. The summed E-state index contributed by atoms with van der Waals surface area (Å²) < 4.78 is 13.5. The molecule has 19 nitrogen and oxygen atoms in total. The van der Waals surface area contributed by atoms with Crippen molar-refractivity contribution in [1.29, 1.82) is 0 Å². The fourth-order valence-corrected chi connectivity index (χ4v) is 12.6. The highest BCUT2D eigenvalue weighted by Gasteiger charge is 2.33. The molecular weight excluding hydrogens is 1490 g/mol. The zero-order valence-electron chi connectivity index (χ0n) is 38.8. The summed E-state index contributed by atoms with van der Waals surface area (Å²) in [7, 11) is 0. The van der Waals surface area contributed by atoms with Gasteiger partial charge in [0.15, 0.2) is 11.3 Å². The third-order valence-corrected chi connectivity index (χ3v) is 17.1. The Hall–Kier alpha value is -2.33. The Labute approximate surface area is 494 Å². The molecule has 0 spiro atoms. The lowest BCUT2D eigenvalue weighted by atomic mass is 9.90. The molecule has 0 aromatic heterocycles. The lowest BCUT2D eigenvalue weighted by Crippen LogP contribution is -2.50. The van der Waals surface area contributed by atoms with Crippen molar-refractivity contribution in [3.05, 3.63) is 62.3 Å². The number of benzene rings is 3. The van der Waals surface area contributed by atoms with Crippen LogP contribution < -0.4 is 16.1 Å². The van der Waals surface area contributed by atoms with Crippen LogP contribution in [0.15, 0.2) is 21.3 Å². The standard InChI is InChI=1S/C46H50Cl4I4N6O13/c47-36-34(33-24-18-26(51)42(69)40(53)44(24)73-45-25(33)19-27(52)43(70)41(45)54)35(37(48)39(50)38(36)49)46(71)72-17-5-3-1-2-4-6-28(61)55-7-8-56-29(62)20-57-9-11-58(21-30(63)64)13-15-60(23-32(67)68)16-14-59(12-10-57)22-31(65)66/h18-19,69H,1-17,20-23H2,(H,55,61)(H,56,62)(H,63,64)(H,65,66)(H,67,68). The number of ether oxygens (including phenoxy) is 1. The van der Waals surface area contributed by atoms with E-state index in [9.17, 15) is 54.0 Å². The quantitative estimate of drug-likeness (QED) is 0.0118. The van der Waals surface area contributed by atoms with E-state index in [0.29, 0.717) is 59.6 Å². The molecule has 3 aliphatic rings. The van der Waals surface area contributed by atoms with Gasteiger partial charge in [0.05, 0.1) is 69.2 Å². The van der Waals surface area contributed by atoms with Crippen molar-refractivity contribution in [1.82, 2.24) is 30.2 Å². The van der Waals surface area contributed by atoms with Crippen LogP contribution in [0.5, 0.6) is 5.75 Å². The molecule has 2 aromatic rings. The summed E-state index contributed by atoms with van der Waals surface area (Å²) in [5.41, 5.74) is 0.710. The molecule has 27 heteroatoms. The molecule has 1 aliphatic carbocycles. The van der Waals surface area contributed by atoms with Gasteiger partial charge >= 0.3 is 23.9 Å². The largest absolute Gasteiger partial charge is 0.506 e. The van der Waals surface area contributed by atoms with Crippen LogP contribution in [0, 0.1) is 14.3 Å². The minimum absolute atomic E-state index is 0.0163. The fraction of sp³-hybridized carbons (Fsp3) is 0.457. The number of fused-ring (bicyclic) bond motifs is 2. The fourth-order valence-electron chi connectivity index (χ4n) is 8.01. The second-order valence-corrected chi connectivity index (χ2v) is 22.9. The number of carbonyl (C=O) groups excluding carboxylic acids is 3. The van der Waals surface area contributed by atoms with Crippen LogP contribution in [0.25, 0.3) is 33.4 Å². The first-order chi connectivity index (χ1) is 34.6. The summed E-state index contributed by atoms with van der Waals surface area (Å²) in [6.45, 7) is 1.68. The van der Waals surface area contributed by atoms with Gasteiger partial charge in [-0.15, -0.1) is 0 Å². The molecular formula is C46H50Cl4I4N6O13. The van der Waals surface area contributed by atoms with E-state index in [1.807, 2.05) is 95.3 Å². The van der Waals surface area contributed by atoms with Gasteiger partial charge in [-0.3, -0.25) is 48.4 Å². The van der Waals surface area contributed by atoms with Crippen molar-refractivity contribution in [3.8, 4) is 28.2 Å². The minimum atomic E-state index is -1.05. The van der Waals surface area contributed by atoms with Gasteiger partial charge in [0, 0.05) is 93.9 Å². The number of aliphatic carboxylic acids is 3. The van der Waals surface area contributed by atoms with E-state index in [2.05, 4.69) is 10.6 Å². The zero-order valence-corrected chi connectivity index (χ0v) is 50.4. The summed E-state index contributed by atoms with van der Waals surface area (Å²) >= 11 is 34.7. The van der Waals surface area contributed by atoms with E-state index in [0.717, 1.165) is 12.8 Å². The van der Waals surface area contributed by atoms with E-state index in [4.69, 9.17) is 55.6 Å². The van der Waals surface area contributed by atoms with Crippen LogP contribution in [0.1, 0.15) is 48.9 Å². The number of carbonyl (C=O) groups is 6. The number of rotatable bonds is 21. The van der Waals surface area contributed by atoms with Gasteiger partial charge in [-0.25, -0.2) is 4.79 Å². The maximum absolute atomic E-state index is 14.0. The molecule has 2 amide bonds. The van der Waals surface area contributed by atoms with Crippen LogP contribution in [0.2, 0.25) is 20.1 Å². The number of halogens is 8. The number of hydrogen-bond donors (Lipinski definition) is 6. The highest BCUT2D eigenvalue weighted by molar-refractivity contribution is 14.1. The second-order valence-electron chi connectivity index (χ2n) is 16.9. The molecule has 398 valence electrons. The molecule has 73 heavy (non-hydrogen) atoms. The monoisotopic (exact) mass is 1540 g/mol. The first-order valence-electron chi connectivity index (χ1n) is 22.7. The van der Waals surface area contributed by atoms with Gasteiger partial charge in [-0.05, 0) is 115 Å². The molecule has 0 unspecified atom stereocenters. The van der Waals surface area contributed by atoms with Crippen LogP contribution >= 0.6 is 137 Å². The molecule has 2 heterocycles. The van der Waals surface area contributed by atoms with E-state index in [1.54, 1.807) is 26.8 Å². The predicted octanol–water partition coefficient (Wildman–Crippen LogP) is 7.51. The average Bonchev–Trinajstić information content (AvgIpc) is 3.32. The molecule has 0 radical (unpaired) electrons. The number of carboxylic acid groups (broad SMARTS) is 3. The molecule has 1 fully saturated rings. The van der Waals surface area contributed by atoms with Crippen molar-refractivity contribution >= 4 is 183 Å². The Morgan fingerprint density at radius 1 is 0.603 bits per heavy atom. The van der Waals surface area contributed by atoms with Gasteiger partial charge in [-0.2, -0.15) is 0 Å². The van der Waals surface area contributed by atoms with E-state index >= 15 is 0 Å². The van der Waals surface area contributed by atoms with Gasteiger partial charge in [0.1, 0.15) is 9.32 Å². The molecule has 0 saturated carbocycles. The van der Waals surface area contributed by atoms with Crippen molar-refractivity contribution in [2.24, 2.45) is 0 Å². The number of carboxylic acids is 3. The summed E-state index contributed by atoms with van der Waals surface area (Å²) in [6.07, 6.45) is 3.46. The predicted molar refractivity (Wildman–Crippen MR) is 310 cm³/mol. The SMILES string of the molecule is O=C(O)CN1CCN(CC(=O)O)CCN(CC(=O)NCCNC(=O)CCCCCCCOC(=O)c2c(Cl)c(Cl)c(Cl)c(Cl)c2-c2c3cc(I)c(=O)c(I)c-3oc3c(I)c(O)c(I)cc23)CCN(CC(=O)O)CC1. The van der Waals surface area contributed by atoms with Gasteiger partial charge < -0.3 is 40.2 Å². The lowest BCUT2D eigenvalue weighted by molar-refractivity contribution is -0.140. The number of phenols is 1. The highest BCUT2D eigenvalue weighted by atomic mass is 127. The lowest BCUT2D eigenvalue weighted by Gasteiger charge is -2.32. The third-order valence-electron chi connectivity index (χ3n) is 11.7. The number of hydrogen-bond acceptors (Lipinski definition) is 14. The molecule has 0 atom stereocenters. The number of nitrogens with one attached hydrogen (secondary N) is 2. The van der Waals surface area contributed by atoms with Crippen LogP contribution in [0.3, 0.4) is 0 Å². The van der Waals surface area contributed by atoms with Crippen LogP contribution in [-0.2, 0) is 28.7 Å². The van der Waals surface area contributed by atoms with Crippen LogP contribution in [-0.4, -0.2) is 174 Å². The molecule has 2 aromatic carbocycles. The summed E-state index contributed by atoms with van der Waals surface area (Å²) in [6, 6.07) is 3.29. The van der Waals surface area contributed by atoms with Gasteiger partial charge in [0.2, 0.25) is 17.2 Å². The Bertz CT molecular complexity index is 2720. The third kappa shape index (κ3) is 17.3. The number of esters is 1. The van der Waals surface area contributed by atoms with Crippen molar-refractivity contribution < 1.29 is 58.3 Å². The Morgan fingerprint density at radius 3 is 1.62 bits per heavy atom. The molecule has 6 N–H and O–H groups in total. The number of nitrogens with zero attached hydrogens (tertiary/aromatic N) is 4. The van der Waals surface area contributed by atoms with Gasteiger partial charge in [-0.1, -0.05) is 65.7 Å². The Morgan fingerprint density at radius 2 is 1.08 bits per heavy atom.